The molecule has 27 heavy (non-hydrogen) atoms. The predicted octanol–water partition coefficient (Wildman–Crippen LogP) is 3.46. The second-order valence-electron chi connectivity index (χ2n) is 5.88. The van der Waals surface area contributed by atoms with Crippen molar-refractivity contribution in [2.75, 3.05) is 38.6 Å². The fourth-order valence-electron chi connectivity index (χ4n) is 2.72. The molecule has 3 rings (SSSR count). The van der Waals surface area contributed by atoms with Gasteiger partial charge in [0.15, 0.2) is 0 Å². The highest BCUT2D eigenvalue weighted by atomic mass is 32.2. The Labute approximate surface area is 159 Å². The maximum Gasteiger partial charge on any atom is 0.417 e. The summed E-state index contributed by atoms with van der Waals surface area (Å²) in [4.78, 5) is 10.4. The molecule has 0 radical (unpaired) electrons. The Morgan fingerprint density at radius 1 is 1.22 bits per heavy atom. The number of aromatic nitrogens is 2. The van der Waals surface area contributed by atoms with Crippen molar-refractivity contribution in [3.05, 3.63) is 41.7 Å². The van der Waals surface area contributed by atoms with Crippen LogP contribution in [0.5, 0.6) is 0 Å². The average Bonchev–Trinajstić information content (AvgIpc) is 2.68. The van der Waals surface area contributed by atoms with Crippen molar-refractivity contribution in [1.82, 2.24) is 14.9 Å². The molecule has 9 heteroatoms. The maximum absolute atomic E-state index is 13.5. The van der Waals surface area contributed by atoms with Crippen LogP contribution in [-0.2, 0) is 10.9 Å². The van der Waals surface area contributed by atoms with Crippen molar-refractivity contribution in [1.29, 1.82) is 5.26 Å². The quantitative estimate of drug-likeness (QED) is 0.724. The van der Waals surface area contributed by atoms with Crippen LogP contribution in [0.1, 0.15) is 11.1 Å². The predicted molar refractivity (Wildman–Crippen MR) is 95.2 cm³/mol. The third-order valence-corrected chi connectivity index (χ3v) is 5.09. The molecule has 1 aliphatic heterocycles. The molecule has 1 fully saturated rings. The highest BCUT2D eigenvalue weighted by Gasteiger charge is 2.36. The number of rotatable bonds is 5. The number of morpholine rings is 1. The number of ether oxygens (including phenoxy) is 1. The summed E-state index contributed by atoms with van der Waals surface area (Å²) in [5.41, 5.74) is -0.680. The molecule has 0 N–H and O–H groups in total. The van der Waals surface area contributed by atoms with E-state index in [9.17, 15) is 18.4 Å². The molecule has 2 aromatic rings. The van der Waals surface area contributed by atoms with Crippen molar-refractivity contribution in [3.8, 4) is 17.3 Å². The highest BCUT2D eigenvalue weighted by Crippen LogP contribution is 2.37. The summed E-state index contributed by atoms with van der Waals surface area (Å²) in [6.45, 7) is 3.60. The van der Waals surface area contributed by atoms with Gasteiger partial charge < -0.3 is 4.74 Å². The van der Waals surface area contributed by atoms with E-state index in [-0.39, 0.29) is 10.7 Å². The molecule has 3 heterocycles. The van der Waals surface area contributed by atoms with E-state index < -0.39 is 17.3 Å². The smallest absolute Gasteiger partial charge is 0.379 e. The van der Waals surface area contributed by atoms with E-state index in [4.69, 9.17) is 4.74 Å². The Morgan fingerprint density at radius 3 is 2.56 bits per heavy atom. The third-order valence-electron chi connectivity index (χ3n) is 4.13. The lowest BCUT2D eigenvalue weighted by atomic mass is 10.1. The lowest BCUT2D eigenvalue weighted by molar-refractivity contribution is -0.138. The van der Waals surface area contributed by atoms with Gasteiger partial charge in [-0.15, -0.1) is 11.8 Å². The summed E-state index contributed by atoms with van der Waals surface area (Å²) in [5, 5.41) is 9.44. The molecule has 0 spiro atoms. The number of pyridine rings is 2. The van der Waals surface area contributed by atoms with Crippen LogP contribution in [0, 0.1) is 11.3 Å². The van der Waals surface area contributed by atoms with E-state index in [1.807, 2.05) is 0 Å². The molecule has 2 aromatic heterocycles. The normalized spacial score (nSPS) is 15.5. The lowest BCUT2D eigenvalue weighted by Crippen LogP contribution is -2.37. The fourth-order valence-corrected chi connectivity index (χ4v) is 3.73. The minimum Gasteiger partial charge on any atom is -0.379 e. The molecule has 0 atom stereocenters. The molecule has 0 aromatic carbocycles. The molecule has 0 unspecified atom stereocenters. The summed E-state index contributed by atoms with van der Waals surface area (Å²) in [6.07, 6.45) is -1.64. The van der Waals surface area contributed by atoms with Crippen LogP contribution in [0.4, 0.5) is 13.2 Å². The molecule has 142 valence electrons. The van der Waals surface area contributed by atoms with E-state index in [1.165, 1.54) is 24.2 Å². The number of nitrogens with zero attached hydrogens (tertiary/aromatic N) is 4. The molecule has 0 saturated carbocycles. The van der Waals surface area contributed by atoms with E-state index in [0.717, 1.165) is 19.2 Å². The molecular weight excluding hydrogens is 377 g/mol. The number of thioether (sulfide) groups is 1. The first kappa shape index (κ1) is 19.6. The van der Waals surface area contributed by atoms with Gasteiger partial charge in [-0.25, -0.2) is 4.98 Å². The summed E-state index contributed by atoms with van der Waals surface area (Å²) < 4.78 is 45.8. The number of hydrogen-bond acceptors (Lipinski definition) is 6. The van der Waals surface area contributed by atoms with Crippen LogP contribution < -0.4 is 0 Å². The summed E-state index contributed by atoms with van der Waals surface area (Å²) in [5.74, 6) is 0.540. The Balaban J connectivity index is 1.89. The monoisotopic (exact) mass is 394 g/mol. The zero-order chi connectivity index (χ0) is 19.3. The lowest BCUT2D eigenvalue weighted by Gasteiger charge is -2.26. The number of nitriles is 1. The third kappa shape index (κ3) is 4.97. The van der Waals surface area contributed by atoms with E-state index >= 15 is 0 Å². The van der Waals surface area contributed by atoms with Crippen LogP contribution in [0.15, 0.2) is 35.6 Å². The van der Waals surface area contributed by atoms with E-state index in [0.29, 0.717) is 31.1 Å². The standard InChI is InChI=1S/C18H17F3N4OS/c19-18(20,21)15-11-16(13-1-3-23-4-2-13)24-17(14(15)12-22)27-10-7-25-5-8-26-9-6-25/h1-4,11H,5-10H2. The van der Waals surface area contributed by atoms with Crippen LogP contribution in [0.25, 0.3) is 11.3 Å². The van der Waals surface area contributed by atoms with E-state index in [1.54, 1.807) is 18.2 Å². The van der Waals surface area contributed by atoms with Crippen molar-refractivity contribution in [2.45, 2.75) is 11.2 Å². The SMILES string of the molecule is N#Cc1c(C(F)(F)F)cc(-c2ccncc2)nc1SCCN1CCOCC1. The Bertz CT molecular complexity index is 818. The minimum atomic E-state index is -4.63. The average molecular weight is 394 g/mol. The highest BCUT2D eigenvalue weighted by molar-refractivity contribution is 7.99. The molecular formula is C18H17F3N4OS. The summed E-state index contributed by atoms with van der Waals surface area (Å²) in [7, 11) is 0. The van der Waals surface area contributed by atoms with Gasteiger partial charge in [0, 0.05) is 43.3 Å². The second kappa shape index (κ2) is 8.69. The van der Waals surface area contributed by atoms with Gasteiger partial charge in [-0.1, -0.05) is 0 Å². The van der Waals surface area contributed by atoms with Gasteiger partial charge in [0.1, 0.15) is 11.1 Å². The van der Waals surface area contributed by atoms with Gasteiger partial charge in [-0.05, 0) is 18.2 Å². The van der Waals surface area contributed by atoms with Crippen LogP contribution in [0.3, 0.4) is 0 Å². The number of hydrogen-bond donors (Lipinski definition) is 0. The van der Waals surface area contributed by atoms with Crippen LogP contribution in [-0.4, -0.2) is 53.5 Å². The van der Waals surface area contributed by atoms with Crippen molar-refractivity contribution >= 4 is 11.8 Å². The number of halogens is 3. The maximum atomic E-state index is 13.5. The zero-order valence-corrected chi connectivity index (χ0v) is 15.2. The van der Waals surface area contributed by atoms with Crippen molar-refractivity contribution < 1.29 is 17.9 Å². The Kier molecular flexibility index (Phi) is 6.31. The first-order valence-corrected chi connectivity index (χ1v) is 9.33. The largest absolute Gasteiger partial charge is 0.417 e. The molecule has 1 saturated heterocycles. The van der Waals surface area contributed by atoms with Gasteiger partial charge >= 0.3 is 6.18 Å². The van der Waals surface area contributed by atoms with Gasteiger partial charge in [-0.2, -0.15) is 18.4 Å². The van der Waals surface area contributed by atoms with Gasteiger partial charge in [-0.3, -0.25) is 9.88 Å². The fraction of sp³-hybridized carbons (Fsp3) is 0.389. The first-order chi connectivity index (χ1) is 13.0. The van der Waals surface area contributed by atoms with Crippen molar-refractivity contribution in [2.24, 2.45) is 0 Å². The van der Waals surface area contributed by atoms with E-state index in [2.05, 4.69) is 14.9 Å². The number of alkyl halides is 3. The van der Waals surface area contributed by atoms with Gasteiger partial charge in [0.05, 0.1) is 30.0 Å². The zero-order valence-electron chi connectivity index (χ0n) is 14.4. The molecule has 1 aliphatic rings. The Morgan fingerprint density at radius 2 is 1.93 bits per heavy atom. The van der Waals surface area contributed by atoms with Gasteiger partial charge in [0.25, 0.3) is 0 Å². The topological polar surface area (TPSA) is 62.0 Å². The summed E-state index contributed by atoms with van der Waals surface area (Å²) >= 11 is 1.17. The second-order valence-corrected chi connectivity index (χ2v) is 6.97. The van der Waals surface area contributed by atoms with Gasteiger partial charge in [0.2, 0.25) is 0 Å². The molecule has 0 bridgehead atoms. The summed E-state index contributed by atoms with van der Waals surface area (Å²) in [6, 6.07) is 5.81. The molecule has 0 amide bonds. The van der Waals surface area contributed by atoms with Crippen LogP contribution in [0.2, 0.25) is 0 Å². The molecule has 5 nitrogen and oxygen atoms in total. The first-order valence-electron chi connectivity index (χ1n) is 8.34. The molecule has 0 aliphatic carbocycles. The van der Waals surface area contributed by atoms with Crippen LogP contribution >= 0.6 is 11.8 Å². The Hall–Kier alpha value is -2.15. The van der Waals surface area contributed by atoms with Crippen molar-refractivity contribution in [3.63, 3.8) is 0 Å². The minimum absolute atomic E-state index is 0.104.